The van der Waals surface area contributed by atoms with E-state index in [1.165, 1.54) is 12.1 Å². The fourth-order valence-electron chi connectivity index (χ4n) is 2.51. The van der Waals surface area contributed by atoms with Gasteiger partial charge in [0, 0.05) is 17.5 Å². The standard InChI is InChI=1S/C14H16ClFN2O/c15-12-6-11(7-13(16)8-12)14(19-5-3-17)10-2-1-4-18-9-10/h6-8,10,14,18H,1-2,4-5,9H2/t10?,14-/m1/s1. The first-order chi connectivity index (χ1) is 9.20. The van der Waals surface area contributed by atoms with Crippen molar-refractivity contribution in [1.29, 1.82) is 5.26 Å². The predicted molar refractivity (Wildman–Crippen MR) is 71.3 cm³/mol. The number of hydrogen-bond donors (Lipinski definition) is 1. The number of halogens is 2. The van der Waals surface area contributed by atoms with E-state index in [9.17, 15) is 4.39 Å². The number of benzene rings is 1. The molecule has 1 aliphatic rings. The molecule has 0 aromatic heterocycles. The number of ether oxygens (including phenoxy) is 1. The number of nitriles is 1. The Kier molecular flexibility index (Phi) is 5.15. The Labute approximate surface area is 117 Å². The molecule has 5 heteroatoms. The van der Waals surface area contributed by atoms with Crippen LogP contribution in [0, 0.1) is 23.1 Å². The Morgan fingerprint density at radius 2 is 2.37 bits per heavy atom. The highest BCUT2D eigenvalue weighted by Gasteiger charge is 2.26. The number of hydrogen-bond acceptors (Lipinski definition) is 3. The Morgan fingerprint density at radius 1 is 1.53 bits per heavy atom. The summed E-state index contributed by atoms with van der Waals surface area (Å²) in [4.78, 5) is 0. The van der Waals surface area contributed by atoms with Gasteiger partial charge >= 0.3 is 0 Å². The maximum absolute atomic E-state index is 13.5. The van der Waals surface area contributed by atoms with E-state index in [0.29, 0.717) is 10.6 Å². The van der Waals surface area contributed by atoms with E-state index < -0.39 is 0 Å². The van der Waals surface area contributed by atoms with Crippen molar-refractivity contribution >= 4 is 11.6 Å². The molecular weight excluding hydrogens is 267 g/mol. The molecule has 1 saturated heterocycles. The normalized spacial score (nSPS) is 20.8. The van der Waals surface area contributed by atoms with Crippen LogP contribution in [0.4, 0.5) is 4.39 Å². The molecule has 2 rings (SSSR count). The summed E-state index contributed by atoms with van der Waals surface area (Å²) in [6, 6.07) is 6.38. The van der Waals surface area contributed by atoms with Crippen LogP contribution in [0.5, 0.6) is 0 Å². The van der Waals surface area contributed by atoms with Crippen molar-refractivity contribution < 1.29 is 9.13 Å². The SMILES string of the molecule is N#CCO[C@@H](c1cc(F)cc(Cl)c1)C1CCCNC1. The van der Waals surface area contributed by atoms with Gasteiger partial charge in [0.1, 0.15) is 12.4 Å². The monoisotopic (exact) mass is 282 g/mol. The fraction of sp³-hybridized carbons (Fsp3) is 0.500. The molecule has 0 spiro atoms. The highest BCUT2D eigenvalue weighted by molar-refractivity contribution is 6.30. The second-order valence-electron chi connectivity index (χ2n) is 4.70. The van der Waals surface area contributed by atoms with Crippen LogP contribution in [-0.4, -0.2) is 19.7 Å². The third-order valence-corrected chi connectivity index (χ3v) is 3.52. The van der Waals surface area contributed by atoms with Gasteiger partial charge in [-0.05, 0) is 43.1 Å². The molecule has 0 radical (unpaired) electrons. The molecule has 0 saturated carbocycles. The molecule has 1 aliphatic heterocycles. The molecule has 1 aromatic rings. The van der Waals surface area contributed by atoms with Gasteiger partial charge in [-0.1, -0.05) is 11.6 Å². The average molecular weight is 283 g/mol. The molecule has 0 amide bonds. The smallest absolute Gasteiger partial charge is 0.134 e. The minimum absolute atomic E-state index is 0.00466. The minimum atomic E-state index is -0.378. The van der Waals surface area contributed by atoms with Crippen LogP contribution in [0.25, 0.3) is 0 Å². The molecule has 0 aliphatic carbocycles. The van der Waals surface area contributed by atoms with Gasteiger partial charge in [0.2, 0.25) is 0 Å². The quantitative estimate of drug-likeness (QED) is 0.923. The number of piperidine rings is 1. The van der Waals surface area contributed by atoms with Gasteiger partial charge in [-0.15, -0.1) is 0 Å². The first-order valence-electron chi connectivity index (χ1n) is 6.36. The summed E-state index contributed by atoms with van der Waals surface area (Å²) >= 11 is 5.89. The van der Waals surface area contributed by atoms with Crippen molar-refractivity contribution in [1.82, 2.24) is 5.32 Å². The van der Waals surface area contributed by atoms with E-state index in [-0.39, 0.29) is 24.4 Å². The first-order valence-corrected chi connectivity index (χ1v) is 6.74. The summed E-state index contributed by atoms with van der Waals surface area (Å²) < 4.78 is 19.1. The predicted octanol–water partition coefficient (Wildman–Crippen LogP) is 3.06. The van der Waals surface area contributed by atoms with Crippen LogP contribution < -0.4 is 5.32 Å². The van der Waals surface area contributed by atoms with E-state index >= 15 is 0 Å². The number of rotatable bonds is 4. The maximum Gasteiger partial charge on any atom is 0.134 e. The summed E-state index contributed by atoms with van der Waals surface area (Å²) in [6.07, 6.45) is 1.76. The fourth-order valence-corrected chi connectivity index (χ4v) is 2.74. The highest BCUT2D eigenvalue weighted by atomic mass is 35.5. The van der Waals surface area contributed by atoms with Gasteiger partial charge in [0.05, 0.1) is 12.2 Å². The van der Waals surface area contributed by atoms with Crippen LogP contribution in [0.3, 0.4) is 0 Å². The molecule has 1 unspecified atom stereocenters. The summed E-state index contributed by atoms with van der Waals surface area (Å²) in [5.41, 5.74) is 0.703. The van der Waals surface area contributed by atoms with Gasteiger partial charge in [0.15, 0.2) is 0 Å². The van der Waals surface area contributed by atoms with Gasteiger partial charge in [-0.3, -0.25) is 0 Å². The zero-order chi connectivity index (χ0) is 13.7. The summed E-state index contributed by atoms with van der Waals surface area (Å²) in [7, 11) is 0. The minimum Gasteiger partial charge on any atom is -0.358 e. The van der Waals surface area contributed by atoms with Crippen molar-refractivity contribution in [2.24, 2.45) is 5.92 Å². The third kappa shape index (κ3) is 3.90. The second kappa shape index (κ2) is 6.85. The van der Waals surface area contributed by atoms with E-state index in [2.05, 4.69) is 5.32 Å². The summed E-state index contributed by atoms with van der Waals surface area (Å²) in [6.45, 7) is 1.80. The van der Waals surface area contributed by atoms with E-state index in [1.54, 1.807) is 6.07 Å². The number of nitrogens with one attached hydrogen (secondary N) is 1. The van der Waals surface area contributed by atoms with Gasteiger partial charge in [-0.2, -0.15) is 5.26 Å². The Balaban J connectivity index is 2.22. The van der Waals surface area contributed by atoms with Crippen LogP contribution in [0.15, 0.2) is 18.2 Å². The van der Waals surface area contributed by atoms with E-state index in [4.69, 9.17) is 21.6 Å². The van der Waals surface area contributed by atoms with Crippen LogP contribution in [0.1, 0.15) is 24.5 Å². The molecule has 3 nitrogen and oxygen atoms in total. The van der Waals surface area contributed by atoms with E-state index in [1.807, 2.05) is 6.07 Å². The lowest BCUT2D eigenvalue weighted by Crippen LogP contribution is -2.34. The Morgan fingerprint density at radius 3 is 3.00 bits per heavy atom. The van der Waals surface area contributed by atoms with Gasteiger partial charge < -0.3 is 10.1 Å². The van der Waals surface area contributed by atoms with Crippen LogP contribution >= 0.6 is 11.6 Å². The first kappa shape index (κ1) is 14.3. The lowest BCUT2D eigenvalue weighted by molar-refractivity contribution is 0.0210. The Hall–Kier alpha value is -1.15. The molecule has 102 valence electrons. The zero-order valence-corrected chi connectivity index (χ0v) is 11.3. The van der Waals surface area contributed by atoms with Crippen LogP contribution in [-0.2, 0) is 4.74 Å². The lowest BCUT2D eigenvalue weighted by Gasteiger charge is -2.30. The van der Waals surface area contributed by atoms with Crippen molar-refractivity contribution in [3.63, 3.8) is 0 Å². The molecule has 19 heavy (non-hydrogen) atoms. The molecule has 2 atom stereocenters. The zero-order valence-electron chi connectivity index (χ0n) is 10.5. The molecule has 1 N–H and O–H groups in total. The molecular formula is C14H16ClFN2O. The maximum atomic E-state index is 13.5. The van der Waals surface area contributed by atoms with Gasteiger partial charge in [0.25, 0.3) is 0 Å². The second-order valence-corrected chi connectivity index (χ2v) is 5.14. The summed E-state index contributed by atoms with van der Waals surface area (Å²) in [5, 5.41) is 12.3. The third-order valence-electron chi connectivity index (χ3n) is 3.30. The van der Waals surface area contributed by atoms with Crippen molar-refractivity contribution in [3.05, 3.63) is 34.6 Å². The molecule has 1 aromatic carbocycles. The number of nitrogens with zero attached hydrogens (tertiary/aromatic N) is 1. The van der Waals surface area contributed by atoms with Crippen LogP contribution in [0.2, 0.25) is 5.02 Å². The molecule has 0 bridgehead atoms. The molecule has 1 heterocycles. The Bertz CT molecular complexity index is 449. The van der Waals surface area contributed by atoms with Gasteiger partial charge in [-0.25, -0.2) is 4.39 Å². The van der Waals surface area contributed by atoms with Crippen molar-refractivity contribution in [2.45, 2.75) is 18.9 Å². The molecule has 1 fully saturated rings. The highest BCUT2D eigenvalue weighted by Crippen LogP contribution is 2.32. The topological polar surface area (TPSA) is 45.0 Å². The lowest BCUT2D eigenvalue weighted by atomic mass is 9.89. The largest absolute Gasteiger partial charge is 0.358 e. The van der Waals surface area contributed by atoms with E-state index in [0.717, 1.165) is 25.9 Å². The van der Waals surface area contributed by atoms with Crippen molar-refractivity contribution in [2.75, 3.05) is 19.7 Å². The average Bonchev–Trinajstić information content (AvgIpc) is 2.39. The van der Waals surface area contributed by atoms with Crippen molar-refractivity contribution in [3.8, 4) is 6.07 Å². The summed E-state index contributed by atoms with van der Waals surface area (Å²) in [5.74, 6) is -0.142.